The summed E-state index contributed by atoms with van der Waals surface area (Å²) in [6, 6.07) is 27.5. The Morgan fingerprint density at radius 1 is 0.840 bits per heavy atom. The van der Waals surface area contributed by atoms with Crippen LogP contribution in [0.2, 0.25) is 0 Å². The monoisotopic (exact) mass is 329 g/mol. The zero-order valence-corrected chi connectivity index (χ0v) is 14.7. The zero-order chi connectivity index (χ0) is 17.5. The molecule has 0 saturated carbocycles. The van der Waals surface area contributed by atoms with E-state index in [4.69, 9.17) is 0 Å². The molecule has 0 aromatic heterocycles. The highest BCUT2D eigenvalue weighted by molar-refractivity contribution is 5.84. The molecule has 3 aromatic rings. The second kappa shape index (κ2) is 8.27. The van der Waals surface area contributed by atoms with Crippen LogP contribution in [0.3, 0.4) is 0 Å². The van der Waals surface area contributed by atoms with Crippen molar-refractivity contribution in [3.05, 3.63) is 90.0 Å². The van der Waals surface area contributed by atoms with Crippen LogP contribution < -0.4 is 10.2 Å². The molecular weight excluding hydrogens is 306 g/mol. The highest BCUT2D eigenvalue weighted by Crippen LogP contribution is 2.34. The minimum atomic E-state index is 0.846. The number of nitrogens with zero attached hydrogens (tertiary/aromatic N) is 2. The summed E-state index contributed by atoms with van der Waals surface area (Å²) in [6.45, 7) is 0.846. The Labute approximate surface area is 149 Å². The average Bonchev–Trinajstić information content (AvgIpc) is 2.64. The molecule has 0 amide bonds. The summed E-state index contributed by atoms with van der Waals surface area (Å²) in [5.41, 5.74) is 5.74. The highest BCUT2D eigenvalue weighted by atomic mass is 15.1. The minimum absolute atomic E-state index is 0.846. The third-order valence-corrected chi connectivity index (χ3v) is 3.97. The number of benzene rings is 3. The van der Waals surface area contributed by atoms with Gasteiger partial charge in [0.2, 0.25) is 0 Å². The molecule has 3 nitrogen and oxygen atoms in total. The Balaban J connectivity index is 2.11. The number of aliphatic imine (C=N–C) groups is 1. The fraction of sp³-hybridized carbons (Fsp3) is 0.136. The summed E-state index contributed by atoms with van der Waals surface area (Å²) in [7, 11) is 3.76. The van der Waals surface area contributed by atoms with E-state index in [0.717, 1.165) is 29.2 Å². The van der Waals surface area contributed by atoms with Crippen LogP contribution in [0.4, 0.5) is 17.1 Å². The largest absolute Gasteiger partial charge is 0.316 e. The number of anilines is 3. The molecule has 1 N–H and O–H groups in total. The molecule has 126 valence electrons. The molecule has 3 aromatic carbocycles. The van der Waals surface area contributed by atoms with Crippen molar-refractivity contribution in [2.45, 2.75) is 6.54 Å². The third-order valence-electron chi connectivity index (χ3n) is 3.97. The molecule has 0 spiro atoms. The van der Waals surface area contributed by atoms with Gasteiger partial charge in [-0.1, -0.05) is 42.5 Å². The van der Waals surface area contributed by atoms with Crippen molar-refractivity contribution < 1.29 is 0 Å². The van der Waals surface area contributed by atoms with Crippen LogP contribution in [-0.2, 0) is 6.54 Å². The van der Waals surface area contributed by atoms with Crippen molar-refractivity contribution in [3.8, 4) is 0 Å². The highest BCUT2D eigenvalue weighted by Gasteiger charge is 2.12. The standard InChI is InChI=1S/C22H23N3/c1-23-16-18-8-6-12-21(14-18)25(20-10-4-3-5-11-20)22-13-7-9-19(15-22)17-24-2/h3-16,24H,17H2,1-2H3. The molecular formula is C22H23N3. The molecule has 0 heterocycles. The van der Waals surface area contributed by atoms with Crippen LogP contribution in [-0.4, -0.2) is 20.3 Å². The predicted octanol–water partition coefficient (Wildman–Crippen LogP) is 4.92. The molecule has 25 heavy (non-hydrogen) atoms. The minimum Gasteiger partial charge on any atom is -0.316 e. The Hall–Kier alpha value is -2.91. The molecule has 3 rings (SSSR count). The summed E-state index contributed by atoms with van der Waals surface area (Å²) in [5, 5.41) is 3.22. The van der Waals surface area contributed by atoms with Gasteiger partial charge in [0.05, 0.1) is 0 Å². The normalized spacial score (nSPS) is 11.0. The summed E-state index contributed by atoms with van der Waals surface area (Å²) in [6.07, 6.45) is 1.88. The van der Waals surface area contributed by atoms with Crippen LogP contribution >= 0.6 is 0 Å². The van der Waals surface area contributed by atoms with Crippen molar-refractivity contribution in [3.63, 3.8) is 0 Å². The van der Waals surface area contributed by atoms with Crippen LogP contribution in [0.5, 0.6) is 0 Å². The molecule has 0 saturated heterocycles. The first kappa shape index (κ1) is 16.9. The van der Waals surface area contributed by atoms with Crippen LogP contribution in [0.25, 0.3) is 0 Å². The zero-order valence-electron chi connectivity index (χ0n) is 14.7. The van der Waals surface area contributed by atoms with Gasteiger partial charge in [-0.05, 0) is 54.6 Å². The Morgan fingerprint density at radius 2 is 1.52 bits per heavy atom. The van der Waals surface area contributed by atoms with E-state index in [1.165, 1.54) is 5.56 Å². The number of para-hydroxylation sites is 1. The summed E-state index contributed by atoms with van der Waals surface area (Å²) in [4.78, 5) is 6.41. The lowest BCUT2D eigenvalue weighted by molar-refractivity contribution is 0.818. The smallest absolute Gasteiger partial charge is 0.0468 e. The van der Waals surface area contributed by atoms with E-state index in [2.05, 4.69) is 88.0 Å². The van der Waals surface area contributed by atoms with Crippen molar-refractivity contribution in [2.75, 3.05) is 19.0 Å². The van der Waals surface area contributed by atoms with Gasteiger partial charge in [0.15, 0.2) is 0 Å². The topological polar surface area (TPSA) is 27.6 Å². The SMILES string of the molecule is CN=Cc1cccc(N(c2ccccc2)c2cccc(CNC)c2)c1. The molecule has 0 aliphatic heterocycles. The van der Waals surface area contributed by atoms with Crippen LogP contribution in [0, 0.1) is 0 Å². The lowest BCUT2D eigenvalue weighted by Gasteiger charge is -2.26. The van der Waals surface area contributed by atoms with E-state index in [1.807, 2.05) is 19.3 Å². The van der Waals surface area contributed by atoms with Crippen molar-refractivity contribution >= 4 is 23.3 Å². The lowest BCUT2D eigenvalue weighted by Crippen LogP contribution is -2.11. The van der Waals surface area contributed by atoms with E-state index in [9.17, 15) is 0 Å². The number of nitrogens with one attached hydrogen (secondary N) is 1. The summed E-state index contributed by atoms with van der Waals surface area (Å²) >= 11 is 0. The van der Waals surface area contributed by atoms with Gasteiger partial charge in [0.25, 0.3) is 0 Å². The van der Waals surface area contributed by atoms with Crippen molar-refractivity contribution in [1.82, 2.24) is 5.32 Å². The maximum absolute atomic E-state index is 4.14. The van der Waals surface area contributed by atoms with E-state index < -0.39 is 0 Å². The van der Waals surface area contributed by atoms with Gasteiger partial charge in [0.1, 0.15) is 0 Å². The maximum atomic E-state index is 4.14. The van der Waals surface area contributed by atoms with Crippen LogP contribution in [0.15, 0.2) is 83.9 Å². The van der Waals surface area contributed by atoms with Crippen molar-refractivity contribution in [2.24, 2.45) is 4.99 Å². The molecule has 0 unspecified atom stereocenters. The number of hydrogen-bond acceptors (Lipinski definition) is 3. The molecule has 0 bridgehead atoms. The van der Waals surface area contributed by atoms with Crippen LogP contribution in [0.1, 0.15) is 11.1 Å². The first-order valence-electron chi connectivity index (χ1n) is 8.43. The van der Waals surface area contributed by atoms with E-state index >= 15 is 0 Å². The second-order valence-electron chi connectivity index (χ2n) is 5.85. The fourth-order valence-electron chi connectivity index (χ4n) is 2.93. The Kier molecular flexibility index (Phi) is 5.60. The van der Waals surface area contributed by atoms with Crippen molar-refractivity contribution in [1.29, 1.82) is 0 Å². The van der Waals surface area contributed by atoms with Gasteiger partial charge >= 0.3 is 0 Å². The Bertz CT molecular complexity index is 841. The average molecular weight is 329 g/mol. The predicted molar refractivity (Wildman–Crippen MR) is 107 cm³/mol. The number of rotatable bonds is 6. The van der Waals surface area contributed by atoms with E-state index in [-0.39, 0.29) is 0 Å². The lowest BCUT2D eigenvalue weighted by atomic mass is 10.1. The molecule has 0 aliphatic carbocycles. The molecule has 0 fully saturated rings. The Morgan fingerprint density at radius 3 is 2.24 bits per heavy atom. The van der Waals surface area contributed by atoms with Gasteiger partial charge in [-0.15, -0.1) is 0 Å². The van der Waals surface area contributed by atoms with E-state index in [0.29, 0.717) is 0 Å². The van der Waals surface area contributed by atoms with Gasteiger partial charge in [-0.2, -0.15) is 0 Å². The first-order valence-corrected chi connectivity index (χ1v) is 8.43. The van der Waals surface area contributed by atoms with E-state index in [1.54, 1.807) is 7.05 Å². The molecule has 3 heteroatoms. The third kappa shape index (κ3) is 4.14. The summed E-state index contributed by atoms with van der Waals surface area (Å²) in [5.74, 6) is 0. The molecule has 0 aliphatic rings. The first-order chi connectivity index (χ1) is 12.3. The van der Waals surface area contributed by atoms with Gasteiger partial charge in [-0.25, -0.2) is 0 Å². The fourth-order valence-corrected chi connectivity index (χ4v) is 2.93. The summed E-state index contributed by atoms with van der Waals surface area (Å²) < 4.78 is 0. The second-order valence-corrected chi connectivity index (χ2v) is 5.85. The van der Waals surface area contributed by atoms with Gasteiger partial charge < -0.3 is 10.2 Å². The van der Waals surface area contributed by atoms with Gasteiger partial charge in [-0.3, -0.25) is 4.99 Å². The number of hydrogen-bond donors (Lipinski definition) is 1. The quantitative estimate of drug-likeness (QED) is 0.650. The van der Waals surface area contributed by atoms with Gasteiger partial charge in [0, 0.05) is 36.9 Å². The molecule has 0 radical (unpaired) electrons. The molecule has 0 atom stereocenters. The maximum Gasteiger partial charge on any atom is 0.0468 e.